The van der Waals surface area contributed by atoms with Crippen molar-refractivity contribution in [3.8, 4) is 0 Å². The molecule has 0 bridgehead atoms. The van der Waals surface area contributed by atoms with E-state index in [1.807, 2.05) is 0 Å². The van der Waals surface area contributed by atoms with Crippen LogP contribution in [0.25, 0.3) is 0 Å². The van der Waals surface area contributed by atoms with Crippen LogP contribution in [0, 0.1) is 0 Å². The van der Waals surface area contributed by atoms with E-state index in [1.54, 1.807) is 0 Å². The van der Waals surface area contributed by atoms with Crippen molar-refractivity contribution in [2.45, 2.75) is 25.8 Å². The second-order valence-electron chi connectivity index (χ2n) is 4.65. The molecule has 0 aromatic rings. The number of hydrogen-bond donors (Lipinski definition) is 2. The zero-order valence-corrected chi connectivity index (χ0v) is 11.7. The quantitative estimate of drug-likeness (QED) is 0.593. The standard InChI is InChI=1S/C10H20N2O5S/c1-10(2,9(14)15)12(3)5-7-18(16,17)6-4-8(11)13/h4-7H2,1-3H3,(H2,11,13)(H,14,15). The Kier molecular flexibility index (Phi) is 5.75. The molecule has 0 heterocycles. The molecule has 0 spiro atoms. The molecular formula is C10H20N2O5S. The van der Waals surface area contributed by atoms with E-state index in [2.05, 4.69) is 0 Å². The molecule has 0 radical (unpaired) electrons. The summed E-state index contributed by atoms with van der Waals surface area (Å²) in [6.07, 6.45) is -0.214. The van der Waals surface area contributed by atoms with Gasteiger partial charge in [0, 0.05) is 13.0 Å². The van der Waals surface area contributed by atoms with Crippen LogP contribution >= 0.6 is 0 Å². The van der Waals surface area contributed by atoms with Gasteiger partial charge in [0.25, 0.3) is 0 Å². The van der Waals surface area contributed by atoms with Gasteiger partial charge in [-0.05, 0) is 20.9 Å². The third-order valence-electron chi connectivity index (χ3n) is 2.87. The predicted molar refractivity (Wildman–Crippen MR) is 66.8 cm³/mol. The minimum atomic E-state index is -3.39. The second kappa shape index (κ2) is 6.14. The van der Waals surface area contributed by atoms with Crippen molar-refractivity contribution in [1.29, 1.82) is 0 Å². The van der Waals surface area contributed by atoms with Crippen LogP contribution in [0.15, 0.2) is 0 Å². The molecule has 0 aromatic heterocycles. The van der Waals surface area contributed by atoms with Gasteiger partial charge >= 0.3 is 5.97 Å². The second-order valence-corrected chi connectivity index (χ2v) is 6.96. The molecule has 0 saturated heterocycles. The Balaban J connectivity index is 4.41. The number of nitrogens with zero attached hydrogens (tertiary/aromatic N) is 1. The summed E-state index contributed by atoms with van der Waals surface area (Å²) < 4.78 is 23.1. The molecule has 0 unspecified atom stereocenters. The van der Waals surface area contributed by atoms with E-state index in [0.29, 0.717) is 0 Å². The molecule has 0 atom stereocenters. The summed E-state index contributed by atoms with van der Waals surface area (Å²) in [4.78, 5) is 22.9. The highest BCUT2D eigenvalue weighted by molar-refractivity contribution is 7.91. The van der Waals surface area contributed by atoms with E-state index in [0.717, 1.165) is 0 Å². The fourth-order valence-electron chi connectivity index (χ4n) is 1.08. The molecule has 0 rings (SSSR count). The maximum Gasteiger partial charge on any atom is 0.323 e. The number of aliphatic carboxylic acids is 1. The largest absolute Gasteiger partial charge is 0.480 e. The number of hydrogen-bond acceptors (Lipinski definition) is 5. The van der Waals surface area contributed by atoms with Crippen molar-refractivity contribution < 1.29 is 23.1 Å². The fraction of sp³-hybridized carbons (Fsp3) is 0.800. The lowest BCUT2D eigenvalue weighted by molar-refractivity contribution is -0.148. The van der Waals surface area contributed by atoms with Gasteiger partial charge in [0.1, 0.15) is 5.54 Å². The molecule has 7 nitrogen and oxygen atoms in total. The van der Waals surface area contributed by atoms with Crippen LogP contribution in [0.3, 0.4) is 0 Å². The maximum atomic E-state index is 11.6. The monoisotopic (exact) mass is 280 g/mol. The lowest BCUT2D eigenvalue weighted by Gasteiger charge is -2.31. The molecule has 106 valence electrons. The number of carbonyl (C=O) groups is 2. The van der Waals surface area contributed by atoms with Gasteiger partial charge in [-0.15, -0.1) is 0 Å². The van der Waals surface area contributed by atoms with E-state index in [-0.39, 0.29) is 24.5 Å². The van der Waals surface area contributed by atoms with Crippen molar-refractivity contribution >= 4 is 21.7 Å². The Hall–Kier alpha value is -1.15. The number of carboxylic acid groups (broad SMARTS) is 1. The average molecular weight is 280 g/mol. The zero-order valence-electron chi connectivity index (χ0n) is 10.8. The first-order valence-corrected chi connectivity index (χ1v) is 7.24. The van der Waals surface area contributed by atoms with Crippen LogP contribution < -0.4 is 5.73 Å². The van der Waals surface area contributed by atoms with E-state index in [9.17, 15) is 18.0 Å². The van der Waals surface area contributed by atoms with E-state index < -0.39 is 27.3 Å². The molecule has 1 amide bonds. The molecule has 0 fully saturated rings. The van der Waals surface area contributed by atoms with E-state index in [1.165, 1.54) is 25.8 Å². The molecular weight excluding hydrogens is 260 g/mol. The Morgan fingerprint density at radius 1 is 1.28 bits per heavy atom. The van der Waals surface area contributed by atoms with Crippen LogP contribution in [-0.2, 0) is 19.4 Å². The summed E-state index contributed by atoms with van der Waals surface area (Å²) in [5, 5.41) is 8.96. The molecule has 0 aliphatic heterocycles. The van der Waals surface area contributed by atoms with Crippen LogP contribution in [-0.4, -0.2) is 60.9 Å². The van der Waals surface area contributed by atoms with E-state index >= 15 is 0 Å². The number of likely N-dealkylation sites (N-methyl/N-ethyl adjacent to an activating group) is 1. The van der Waals surface area contributed by atoms with Gasteiger partial charge in [0.15, 0.2) is 9.84 Å². The Bertz CT molecular complexity index is 416. The van der Waals surface area contributed by atoms with Crippen molar-refractivity contribution in [2.75, 3.05) is 25.1 Å². The first-order chi connectivity index (χ1) is 7.99. The van der Waals surface area contributed by atoms with Gasteiger partial charge in [-0.3, -0.25) is 14.5 Å². The lowest BCUT2D eigenvalue weighted by atomic mass is 10.0. The SMILES string of the molecule is CN(CCS(=O)(=O)CCC(N)=O)C(C)(C)C(=O)O. The van der Waals surface area contributed by atoms with Crippen molar-refractivity contribution in [2.24, 2.45) is 5.73 Å². The highest BCUT2D eigenvalue weighted by Gasteiger charge is 2.32. The van der Waals surface area contributed by atoms with Crippen molar-refractivity contribution in [1.82, 2.24) is 4.90 Å². The summed E-state index contributed by atoms with van der Waals surface area (Å²) in [7, 11) is -1.85. The van der Waals surface area contributed by atoms with Crippen LogP contribution in [0.2, 0.25) is 0 Å². The topological polar surface area (TPSA) is 118 Å². The molecule has 8 heteroatoms. The number of carboxylic acids is 1. The number of carbonyl (C=O) groups excluding carboxylic acids is 1. The molecule has 3 N–H and O–H groups in total. The number of amides is 1. The summed E-state index contributed by atoms with van der Waals surface area (Å²) in [5.74, 6) is -2.20. The van der Waals surface area contributed by atoms with Gasteiger partial charge in [0.05, 0.1) is 11.5 Å². The number of primary amides is 1. The number of sulfone groups is 1. The lowest BCUT2D eigenvalue weighted by Crippen LogP contribution is -2.49. The van der Waals surface area contributed by atoms with Crippen LogP contribution in [0.4, 0.5) is 0 Å². The van der Waals surface area contributed by atoms with Gasteiger partial charge in [0.2, 0.25) is 5.91 Å². The van der Waals surface area contributed by atoms with Gasteiger partial charge in [-0.2, -0.15) is 0 Å². The Morgan fingerprint density at radius 2 is 1.78 bits per heavy atom. The number of nitrogens with two attached hydrogens (primary N) is 1. The van der Waals surface area contributed by atoms with Crippen molar-refractivity contribution in [3.63, 3.8) is 0 Å². The Morgan fingerprint density at radius 3 is 2.17 bits per heavy atom. The predicted octanol–water partition coefficient (Wildman–Crippen LogP) is -0.928. The van der Waals surface area contributed by atoms with Crippen LogP contribution in [0.5, 0.6) is 0 Å². The highest BCUT2D eigenvalue weighted by Crippen LogP contribution is 2.12. The molecule has 0 aromatic carbocycles. The molecule has 0 saturated carbocycles. The van der Waals surface area contributed by atoms with Gasteiger partial charge in [-0.25, -0.2) is 8.42 Å². The minimum absolute atomic E-state index is 0.0837. The summed E-state index contributed by atoms with van der Waals surface area (Å²) in [5.41, 5.74) is 3.73. The van der Waals surface area contributed by atoms with E-state index in [4.69, 9.17) is 10.8 Å². The zero-order chi connectivity index (χ0) is 14.6. The van der Waals surface area contributed by atoms with Crippen molar-refractivity contribution in [3.05, 3.63) is 0 Å². The van der Waals surface area contributed by atoms with Crippen LogP contribution in [0.1, 0.15) is 20.3 Å². The van der Waals surface area contributed by atoms with Gasteiger partial charge < -0.3 is 10.8 Å². The minimum Gasteiger partial charge on any atom is -0.480 e. The van der Waals surface area contributed by atoms with Gasteiger partial charge in [-0.1, -0.05) is 0 Å². The molecule has 0 aliphatic rings. The molecule has 0 aliphatic carbocycles. The fourth-order valence-corrected chi connectivity index (χ4v) is 2.35. The molecule has 18 heavy (non-hydrogen) atoms. The summed E-state index contributed by atoms with van der Waals surface area (Å²) in [6.45, 7) is 3.07. The first-order valence-electron chi connectivity index (χ1n) is 5.42. The maximum absolute atomic E-state index is 11.6. The summed E-state index contributed by atoms with van der Waals surface area (Å²) >= 11 is 0. The first kappa shape index (κ1) is 16.9. The third-order valence-corrected chi connectivity index (χ3v) is 4.51. The smallest absolute Gasteiger partial charge is 0.323 e. The normalized spacial score (nSPS) is 12.7. The highest BCUT2D eigenvalue weighted by atomic mass is 32.2. The third kappa shape index (κ3) is 5.46. The Labute approximate surface area is 107 Å². The number of rotatable bonds is 8. The summed E-state index contributed by atoms with van der Waals surface area (Å²) in [6, 6.07) is 0. The average Bonchev–Trinajstić information content (AvgIpc) is 2.23.